The lowest BCUT2D eigenvalue weighted by atomic mass is 9.71. The van der Waals surface area contributed by atoms with Crippen LogP contribution in [0, 0.1) is 11.4 Å². The summed E-state index contributed by atoms with van der Waals surface area (Å²) >= 11 is 2.30. The molecule has 1 aromatic heterocycles. The molecule has 0 saturated heterocycles. The summed E-state index contributed by atoms with van der Waals surface area (Å²) in [5.41, 5.74) is -0.159. The molecule has 1 heterocycles. The first kappa shape index (κ1) is 14.9. The van der Waals surface area contributed by atoms with Crippen molar-refractivity contribution in [3.05, 3.63) is 35.9 Å². The average molecular weight is 375 g/mol. The van der Waals surface area contributed by atoms with Crippen LogP contribution in [0.5, 0.6) is 0 Å². The SMILES string of the molecule is CC1(C)CCC(O)(C=Cc2cccnc2F)C(I)C1. The van der Waals surface area contributed by atoms with Gasteiger partial charge in [-0.25, -0.2) is 4.98 Å². The van der Waals surface area contributed by atoms with Crippen molar-refractivity contribution >= 4 is 28.7 Å². The fraction of sp³-hybridized carbons (Fsp3) is 0.533. The van der Waals surface area contributed by atoms with Crippen molar-refractivity contribution in [3.8, 4) is 0 Å². The standard InChI is InChI=1S/C15H19FINO/c1-14(2)7-8-15(19,12(17)10-14)6-5-11-4-3-9-18-13(11)16/h3-6,9,12,19H,7-8,10H2,1-2H3. The van der Waals surface area contributed by atoms with E-state index in [1.165, 1.54) is 6.20 Å². The highest BCUT2D eigenvalue weighted by Crippen LogP contribution is 2.44. The lowest BCUT2D eigenvalue weighted by Crippen LogP contribution is -2.44. The third kappa shape index (κ3) is 3.54. The number of rotatable bonds is 2. The lowest BCUT2D eigenvalue weighted by Gasteiger charge is -2.42. The molecule has 0 spiro atoms. The van der Waals surface area contributed by atoms with Gasteiger partial charge in [0, 0.05) is 15.7 Å². The molecule has 1 aromatic rings. The Bertz CT molecular complexity index is 489. The molecule has 0 aromatic carbocycles. The summed E-state index contributed by atoms with van der Waals surface area (Å²) < 4.78 is 13.6. The Kier molecular flexibility index (Phi) is 4.30. The van der Waals surface area contributed by atoms with Crippen LogP contribution >= 0.6 is 22.6 Å². The third-order valence-electron chi connectivity index (χ3n) is 3.82. The molecule has 1 N–H and O–H groups in total. The maximum absolute atomic E-state index is 13.4. The minimum Gasteiger partial charge on any atom is -0.385 e. The normalized spacial score (nSPS) is 30.7. The molecular formula is C15H19FINO. The van der Waals surface area contributed by atoms with Crippen LogP contribution in [0.15, 0.2) is 24.4 Å². The Morgan fingerprint density at radius 3 is 2.84 bits per heavy atom. The van der Waals surface area contributed by atoms with Crippen LogP contribution in [-0.4, -0.2) is 19.6 Å². The minimum atomic E-state index is -0.849. The van der Waals surface area contributed by atoms with E-state index in [4.69, 9.17) is 0 Å². The summed E-state index contributed by atoms with van der Waals surface area (Å²) in [5, 5.41) is 10.7. The van der Waals surface area contributed by atoms with Gasteiger partial charge < -0.3 is 5.11 Å². The van der Waals surface area contributed by atoms with Gasteiger partial charge in [-0.1, -0.05) is 48.6 Å². The van der Waals surface area contributed by atoms with E-state index in [0.29, 0.717) is 12.0 Å². The highest BCUT2D eigenvalue weighted by atomic mass is 127. The Morgan fingerprint density at radius 2 is 2.21 bits per heavy atom. The second-order valence-electron chi connectivity index (χ2n) is 6.04. The van der Waals surface area contributed by atoms with E-state index in [9.17, 15) is 9.50 Å². The van der Waals surface area contributed by atoms with E-state index in [1.54, 1.807) is 24.3 Å². The first-order chi connectivity index (χ1) is 8.82. The van der Waals surface area contributed by atoms with E-state index < -0.39 is 11.5 Å². The van der Waals surface area contributed by atoms with E-state index >= 15 is 0 Å². The van der Waals surface area contributed by atoms with Gasteiger partial charge in [0.1, 0.15) is 0 Å². The number of alkyl halides is 1. The molecule has 0 amide bonds. The van der Waals surface area contributed by atoms with Crippen molar-refractivity contribution < 1.29 is 9.50 Å². The molecule has 1 saturated carbocycles. The van der Waals surface area contributed by atoms with Crippen LogP contribution in [-0.2, 0) is 0 Å². The molecule has 2 unspecified atom stereocenters. The molecule has 2 rings (SSSR count). The van der Waals surface area contributed by atoms with E-state index in [2.05, 4.69) is 41.4 Å². The molecule has 0 bridgehead atoms. The number of halogens is 2. The van der Waals surface area contributed by atoms with Crippen LogP contribution in [0.25, 0.3) is 6.08 Å². The quantitative estimate of drug-likeness (QED) is 0.482. The fourth-order valence-corrected chi connectivity index (χ4v) is 4.12. The second-order valence-corrected chi connectivity index (χ2v) is 7.55. The zero-order valence-electron chi connectivity index (χ0n) is 11.2. The maximum atomic E-state index is 13.4. The summed E-state index contributed by atoms with van der Waals surface area (Å²) in [6, 6.07) is 3.36. The molecule has 1 aliphatic rings. The summed E-state index contributed by atoms with van der Waals surface area (Å²) in [6.07, 6.45) is 7.45. The van der Waals surface area contributed by atoms with Gasteiger partial charge in [0.05, 0.1) is 5.60 Å². The van der Waals surface area contributed by atoms with Gasteiger partial charge in [-0.15, -0.1) is 0 Å². The van der Waals surface area contributed by atoms with Crippen LogP contribution in [0.2, 0.25) is 0 Å². The van der Waals surface area contributed by atoms with Gasteiger partial charge in [0.2, 0.25) is 5.95 Å². The molecule has 1 aliphatic carbocycles. The monoisotopic (exact) mass is 375 g/mol. The van der Waals surface area contributed by atoms with Gasteiger partial charge in [-0.2, -0.15) is 4.39 Å². The molecule has 19 heavy (non-hydrogen) atoms. The van der Waals surface area contributed by atoms with Gasteiger partial charge in [0.15, 0.2) is 0 Å². The number of hydrogen-bond donors (Lipinski definition) is 1. The van der Waals surface area contributed by atoms with Crippen molar-refractivity contribution in [2.24, 2.45) is 5.41 Å². The average Bonchev–Trinajstić information content (AvgIpc) is 2.34. The topological polar surface area (TPSA) is 33.1 Å². The second kappa shape index (κ2) is 5.48. The predicted molar refractivity (Wildman–Crippen MR) is 83.6 cm³/mol. The van der Waals surface area contributed by atoms with Crippen LogP contribution in [0.4, 0.5) is 4.39 Å². The smallest absolute Gasteiger partial charge is 0.220 e. The summed E-state index contributed by atoms with van der Waals surface area (Å²) in [5.74, 6) is -0.497. The molecule has 1 fully saturated rings. The van der Waals surface area contributed by atoms with E-state index in [-0.39, 0.29) is 9.34 Å². The Labute approximate surface area is 127 Å². The summed E-state index contributed by atoms with van der Waals surface area (Å²) in [6.45, 7) is 4.45. The van der Waals surface area contributed by atoms with Crippen molar-refractivity contribution in [2.45, 2.75) is 42.6 Å². The molecule has 2 nitrogen and oxygen atoms in total. The third-order valence-corrected chi connectivity index (χ3v) is 5.33. The Balaban J connectivity index is 2.16. The maximum Gasteiger partial charge on any atom is 0.220 e. The van der Waals surface area contributed by atoms with Crippen LogP contribution in [0.1, 0.15) is 38.7 Å². The molecule has 0 radical (unpaired) electrons. The van der Waals surface area contributed by atoms with Crippen molar-refractivity contribution in [1.82, 2.24) is 4.98 Å². The first-order valence-corrected chi connectivity index (χ1v) is 7.73. The summed E-state index contributed by atoms with van der Waals surface area (Å²) in [4.78, 5) is 3.61. The Hall–Kier alpha value is -0.490. The zero-order valence-corrected chi connectivity index (χ0v) is 13.4. The van der Waals surface area contributed by atoms with Gasteiger partial charge in [-0.05, 0) is 36.8 Å². The van der Waals surface area contributed by atoms with Crippen molar-refractivity contribution in [2.75, 3.05) is 0 Å². The Morgan fingerprint density at radius 1 is 1.47 bits per heavy atom. The molecule has 4 heteroatoms. The molecular weight excluding hydrogens is 356 g/mol. The highest BCUT2D eigenvalue weighted by molar-refractivity contribution is 14.1. The van der Waals surface area contributed by atoms with Gasteiger partial charge >= 0.3 is 0 Å². The number of pyridine rings is 1. The van der Waals surface area contributed by atoms with Crippen LogP contribution in [0.3, 0.4) is 0 Å². The van der Waals surface area contributed by atoms with Crippen molar-refractivity contribution in [3.63, 3.8) is 0 Å². The molecule has 104 valence electrons. The number of aromatic nitrogens is 1. The zero-order chi connectivity index (χ0) is 14.1. The largest absolute Gasteiger partial charge is 0.385 e. The number of nitrogens with zero attached hydrogens (tertiary/aromatic N) is 1. The number of aliphatic hydroxyl groups is 1. The molecule has 2 atom stereocenters. The van der Waals surface area contributed by atoms with E-state index in [1.807, 2.05) is 0 Å². The predicted octanol–water partition coefficient (Wildman–Crippen LogP) is 3.98. The lowest BCUT2D eigenvalue weighted by molar-refractivity contribution is 0.0277. The van der Waals surface area contributed by atoms with Gasteiger partial charge in [0.25, 0.3) is 0 Å². The summed E-state index contributed by atoms with van der Waals surface area (Å²) in [7, 11) is 0. The highest BCUT2D eigenvalue weighted by Gasteiger charge is 2.41. The van der Waals surface area contributed by atoms with Crippen LogP contribution < -0.4 is 0 Å². The van der Waals surface area contributed by atoms with Crippen molar-refractivity contribution in [1.29, 1.82) is 0 Å². The molecule has 0 aliphatic heterocycles. The van der Waals surface area contributed by atoms with Gasteiger partial charge in [-0.3, -0.25) is 0 Å². The number of hydrogen-bond acceptors (Lipinski definition) is 2. The fourth-order valence-electron chi connectivity index (χ4n) is 2.40. The first-order valence-electron chi connectivity index (χ1n) is 6.49. The van der Waals surface area contributed by atoms with E-state index in [0.717, 1.165) is 12.8 Å². The minimum absolute atomic E-state index is 0.143.